The van der Waals surface area contributed by atoms with Crippen LogP contribution in [-0.2, 0) is 10.0 Å². The minimum atomic E-state index is -3.48. The fourth-order valence-corrected chi connectivity index (χ4v) is 2.52. The molecule has 1 aromatic carbocycles. The van der Waals surface area contributed by atoms with E-state index in [1.54, 1.807) is 11.8 Å². The molecule has 6 heteroatoms. The molecule has 0 saturated heterocycles. The predicted octanol–water partition coefficient (Wildman–Crippen LogP) is 1.03. The number of aromatic hydroxyl groups is 1. The normalized spacial score (nSPS) is 11.5. The topological polar surface area (TPSA) is 66.4 Å². The van der Waals surface area contributed by atoms with Gasteiger partial charge in [0, 0.05) is 12.3 Å². The van der Waals surface area contributed by atoms with Crippen LogP contribution < -0.4 is 4.72 Å². The Hall–Kier alpha value is -0.720. The molecule has 0 aliphatic rings. The van der Waals surface area contributed by atoms with E-state index < -0.39 is 10.0 Å². The standard InChI is InChI=1S/C9H13NO3S2/c1-14-6-5-10-15(12,13)9-4-2-3-8(11)7-9/h2-4,7,10-11H,5-6H2,1H3. The lowest BCUT2D eigenvalue weighted by molar-refractivity contribution is 0.473. The number of nitrogens with one attached hydrogen (secondary N) is 1. The molecule has 0 spiro atoms. The Morgan fingerprint density at radius 3 is 2.80 bits per heavy atom. The molecule has 1 rings (SSSR count). The monoisotopic (exact) mass is 247 g/mol. The van der Waals surface area contributed by atoms with Gasteiger partial charge in [0.25, 0.3) is 0 Å². The number of benzene rings is 1. The minimum absolute atomic E-state index is 0.0530. The first-order chi connectivity index (χ1) is 7.06. The maximum Gasteiger partial charge on any atom is 0.240 e. The highest BCUT2D eigenvalue weighted by molar-refractivity contribution is 7.98. The van der Waals surface area contributed by atoms with Gasteiger partial charge in [-0.05, 0) is 24.5 Å². The lowest BCUT2D eigenvalue weighted by Gasteiger charge is -2.05. The quantitative estimate of drug-likeness (QED) is 0.763. The molecule has 0 saturated carbocycles. The molecule has 4 nitrogen and oxygen atoms in total. The van der Waals surface area contributed by atoms with E-state index in [1.807, 2.05) is 6.26 Å². The molecular formula is C9H13NO3S2. The van der Waals surface area contributed by atoms with Crippen molar-refractivity contribution >= 4 is 21.8 Å². The van der Waals surface area contributed by atoms with E-state index in [1.165, 1.54) is 24.3 Å². The van der Waals surface area contributed by atoms with Crippen molar-refractivity contribution in [3.05, 3.63) is 24.3 Å². The zero-order valence-electron chi connectivity index (χ0n) is 8.30. The van der Waals surface area contributed by atoms with Gasteiger partial charge in [0.2, 0.25) is 10.0 Å². The van der Waals surface area contributed by atoms with Crippen LogP contribution in [0.25, 0.3) is 0 Å². The third-order valence-electron chi connectivity index (χ3n) is 1.73. The van der Waals surface area contributed by atoms with Crippen LogP contribution in [0.15, 0.2) is 29.2 Å². The maximum atomic E-state index is 11.6. The van der Waals surface area contributed by atoms with Gasteiger partial charge in [-0.2, -0.15) is 11.8 Å². The Kier molecular flexibility index (Phi) is 4.44. The summed E-state index contributed by atoms with van der Waals surface area (Å²) in [6.45, 7) is 0.388. The molecule has 0 aromatic heterocycles. The number of thioether (sulfide) groups is 1. The molecule has 84 valence electrons. The highest BCUT2D eigenvalue weighted by Gasteiger charge is 2.12. The number of phenolic OH excluding ortho intramolecular Hbond substituents is 1. The molecule has 0 radical (unpaired) electrons. The smallest absolute Gasteiger partial charge is 0.240 e. The molecular weight excluding hydrogens is 234 g/mol. The van der Waals surface area contributed by atoms with Crippen molar-refractivity contribution in [2.45, 2.75) is 4.90 Å². The molecule has 0 aliphatic heterocycles. The van der Waals surface area contributed by atoms with Crippen molar-refractivity contribution in [2.24, 2.45) is 0 Å². The third kappa shape index (κ3) is 3.73. The Bertz CT molecular complexity index is 417. The molecule has 0 aliphatic carbocycles. The Morgan fingerprint density at radius 2 is 2.20 bits per heavy atom. The Labute approximate surface area is 93.8 Å². The van der Waals surface area contributed by atoms with Crippen molar-refractivity contribution in [3.8, 4) is 5.75 Å². The summed E-state index contributed by atoms with van der Waals surface area (Å²) in [5.41, 5.74) is 0. The zero-order valence-corrected chi connectivity index (χ0v) is 9.94. The van der Waals surface area contributed by atoms with Gasteiger partial charge in [-0.1, -0.05) is 6.07 Å². The van der Waals surface area contributed by atoms with Gasteiger partial charge in [-0.3, -0.25) is 0 Å². The number of phenols is 1. The summed E-state index contributed by atoms with van der Waals surface area (Å²) < 4.78 is 25.7. The summed E-state index contributed by atoms with van der Waals surface area (Å²) in [6, 6.07) is 5.60. The largest absolute Gasteiger partial charge is 0.508 e. The highest BCUT2D eigenvalue weighted by Crippen LogP contribution is 2.15. The minimum Gasteiger partial charge on any atom is -0.508 e. The first-order valence-corrected chi connectivity index (χ1v) is 7.21. The second-order valence-electron chi connectivity index (χ2n) is 2.89. The van der Waals surface area contributed by atoms with Gasteiger partial charge in [0.1, 0.15) is 5.75 Å². The van der Waals surface area contributed by atoms with E-state index in [0.717, 1.165) is 5.75 Å². The van der Waals surface area contributed by atoms with Gasteiger partial charge in [-0.25, -0.2) is 13.1 Å². The van der Waals surface area contributed by atoms with Gasteiger partial charge >= 0.3 is 0 Å². The summed E-state index contributed by atoms with van der Waals surface area (Å²) in [5.74, 6) is 0.667. The van der Waals surface area contributed by atoms with Crippen LogP contribution in [0.5, 0.6) is 5.75 Å². The van der Waals surface area contributed by atoms with Crippen molar-refractivity contribution in [2.75, 3.05) is 18.6 Å². The number of rotatable bonds is 5. The fourth-order valence-electron chi connectivity index (χ4n) is 1.01. The van der Waals surface area contributed by atoms with E-state index in [9.17, 15) is 8.42 Å². The lowest BCUT2D eigenvalue weighted by Crippen LogP contribution is -2.25. The van der Waals surface area contributed by atoms with Crippen LogP contribution in [0.3, 0.4) is 0 Å². The van der Waals surface area contributed by atoms with Gasteiger partial charge in [0.15, 0.2) is 0 Å². The maximum absolute atomic E-state index is 11.6. The molecule has 0 atom stereocenters. The molecule has 0 unspecified atom stereocenters. The average Bonchev–Trinajstić information content (AvgIpc) is 2.18. The van der Waals surface area contributed by atoms with Crippen LogP contribution in [0.2, 0.25) is 0 Å². The van der Waals surface area contributed by atoms with E-state index in [4.69, 9.17) is 5.11 Å². The van der Waals surface area contributed by atoms with Crippen molar-refractivity contribution in [1.29, 1.82) is 0 Å². The second-order valence-corrected chi connectivity index (χ2v) is 5.64. The highest BCUT2D eigenvalue weighted by atomic mass is 32.2. The molecule has 0 heterocycles. The third-order valence-corrected chi connectivity index (χ3v) is 3.80. The summed E-state index contributed by atoms with van der Waals surface area (Å²) in [5, 5.41) is 9.15. The van der Waals surface area contributed by atoms with Crippen molar-refractivity contribution in [1.82, 2.24) is 4.72 Å². The van der Waals surface area contributed by atoms with Crippen LogP contribution >= 0.6 is 11.8 Å². The average molecular weight is 247 g/mol. The van der Waals surface area contributed by atoms with Crippen molar-refractivity contribution < 1.29 is 13.5 Å². The Balaban J connectivity index is 2.77. The second kappa shape index (κ2) is 5.39. The molecule has 2 N–H and O–H groups in total. The molecule has 0 fully saturated rings. The van der Waals surface area contributed by atoms with Crippen LogP contribution in [-0.4, -0.2) is 32.1 Å². The predicted molar refractivity (Wildman–Crippen MR) is 61.7 cm³/mol. The molecule has 1 aromatic rings. The van der Waals surface area contributed by atoms with Gasteiger partial charge in [-0.15, -0.1) is 0 Å². The van der Waals surface area contributed by atoms with Crippen LogP contribution in [0, 0.1) is 0 Å². The Morgan fingerprint density at radius 1 is 1.47 bits per heavy atom. The zero-order chi connectivity index (χ0) is 11.3. The van der Waals surface area contributed by atoms with E-state index in [-0.39, 0.29) is 10.6 Å². The summed E-state index contributed by atoms with van der Waals surface area (Å²) in [6.07, 6.45) is 1.91. The van der Waals surface area contributed by atoms with E-state index in [0.29, 0.717) is 6.54 Å². The van der Waals surface area contributed by atoms with Crippen LogP contribution in [0.4, 0.5) is 0 Å². The number of sulfonamides is 1. The summed E-state index contributed by atoms with van der Waals surface area (Å²) in [7, 11) is -3.48. The summed E-state index contributed by atoms with van der Waals surface area (Å²) >= 11 is 1.56. The van der Waals surface area contributed by atoms with E-state index in [2.05, 4.69) is 4.72 Å². The van der Waals surface area contributed by atoms with Gasteiger partial charge < -0.3 is 5.11 Å². The first-order valence-electron chi connectivity index (χ1n) is 4.34. The first kappa shape index (κ1) is 12.4. The lowest BCUT2D eigenvalue weighted by atomic mass is 10.3. The molecule has 0 amide bonds. The number of hydrogen-bond acceptors (Lipinski definition) is 4. The molecule has 15 heavy (non-hydrogen) atoms. The van der Waals surface area contributed by atoms with E-state index >= 15 is 0 Å². The molecule has 0 bridgehead atoms. The van der Waals surface area contributed by atoms with Crippen LogP contribution in [0.1, 0.15) is 0 Å². The fraction of sp³-hybridized carbons (Fsp3) is 0.333. The van der Waals surface area contributed by atoms with Gasteiger partial charge in [0.05, 0.1) is 4.90 Å². The summed E-state index contributed by atoms with van der Waals surface area (Å²) in [4.78, 5) is 0.0867. The van der Waals surface area contributed by atoms with Crippen molar-refractivity contribution in [3.63, 3.8) is 0 Å². The number of hydrogen-bond donors (Lipinski definition) is 2. The SMILES string of the molecule is CSCCNS(=O)(=O)c1cccc(O)c1.